The van der Waals surface area contributed by atoms with Crippen LogP contribution in [0.1, 0.15) is 19.8 Å². The highest BCUT2D eigenvalue weighted by Gasteiger charge is 2.35. The summed E-state index contributed by atoms with van der Waals surface area (Å²) < 4.78 is 0. The van der Waals surface area contributed by atoms with E-state index in [2.05, 4.69) is 17.5 Å². The Balaban J connectivity index is 1.76. The lowest BCUT2D eigenvalue weighted by Gasteiger charge is -2.23. The van der Waals surface area contributed by atoms with Crippen LogP contribution in [0.3, 0.4) is 0 Å². The average Bonchev–Trinajstić information content (AvgIpc) is 2.86. The summed E-state index contributed by atoms with van der Waals surface area (Å²) in [6.07, 6.45) is 7.36. The molecule has 0 aromatic carbocycles. The normalized spacial score (nSPS) is 33.1. The highest BCUT2D eigenvalue weighted by Crippen LogP contribution is 2.42. The van der Waals surface area contributed by atoms with Crippen molar-refractivity contribution in [3.8, 4) is 0 Å². The quantitative estimate of drug-likeness (QED) is 0.726. The standard InChI is InChI=1S/C13H22N2O/c1-9(13(16)15(2)3)14-8-12-7-10-4-5-11(12)6-10/h4-5,9-12,14H,6-8H2,1-3H3. The lowest BCUT2D eigenvalue weighted by Crippen LogP contribution is -2.43. The van der Waals surface area contributed by atoms with Crippen LogP contribution in [0.2, 0.25) is 0 Å². The summed E-state index contributed by atoms with van der Waals surface area (Å²) in [6.45, 7) is 2.93. The number of rotatable bonds is 4. The van der Waals surface area contributed by atoms with Crippen molar-refractivity contribution in [2.45, 2.75) is 25.8 Å². The van der Waals surface area contributed by atoms with Gasteiger partial charge in [0.25, 0.3) is 0 Å². The van der Waals surface area contributed by atoms with Crippen LogP contribution >= 0.6 is 0 Å². The largest absolute Gasteiger partial charge is 0.347 e. The number of fused-ring (bicyclic) bond motifs is 2. The number of allylic oxidation sites excluding steroid dienone is 2. The highest BCUT2D eigenvalue weighted by atomic mass is 16.2. The third-order valence-electron chi connectivity index (χ3n) is 3.91. The first-order valence-corrected chi connectivity index (χ1v) is 6.20. The lowest BCUT2D eigenvalue weighted by atomic mass is 9.93. The zero-order valence-electron chi connectivity index (χ0n) is 10.4. The van der Waals surface area contributed by atoms with Gasteiger partial charge in [-0.15, -0.1) is 0 Å². The van der Waals surface area contributed by atoms with Gasteiger partial charge in [0, 0.05) is 14.1 Å². The molecular formula is C13H22N2O. The van der Waals surface area contributed by atoms with E-state index in [0.717, 1.165) is 24.3 Å². The third-order valence-corrected chi connectivity index (χ3v) is 3.91. The molecule has 2 aliphatic rings. The predicted octanol–water partition coefficient (Wildman–Crippen LogP) is 1.26. The Morgan fingerprint density at radius 2 is 2.19 bits per heavy atom. The molecule has 1 N–H and O–H groups in total. The fourth-order valence-electron chi connectivity index (χ4n) is 2.93. The van der Waals surface area contributed by atoms with Crippen molar-refractivity contribution in [2.75, 3.05) is 20.6 Å². The van der Waals surface area contributed by atoms with Crippen molar-refractivity contribution in [1.29, 1.82) is 0 Å². The number of hydrogen-bond donors (Lipinski definition) is 1. The van der Waals surface area contributed by atoms with E-state index in [9.17, 15) is 4.79 Å². The van der Waals surface area contributed by atoms with E-state index in [1.807, 2.05) is 6.92 Å². The van der Waals surface area contributed by atoms with Gasteiger partial charge in [-0.3, -0.25) is 4.79 Å². The van der Waals surface area contributed by atoms with Crippen molar-refractivity contribution in [3.05, 3.63) is 12.2 Å². The Kier molecular flexibility index (Phi) is 3.33. The Bertz CT molecular complexity index is 298. The van der Waals surface area contributed by atoms with Crippen LogP contribution in [-0.4, -0.2) is 37.5 Å². The lowest BCUT2D eigenvalue weighted by molar-refractivity contribution is -0.130. The molecule has 1 fully saturated rings. The third kappa shape index (κ3) is 2.29. The summed E-state index contributed by atoms with van der Waals surface area (Å²) in [5, 5.41) is 3.37. The summed E-state index contributed by atoms with van der Waals surface area (Å²) in [5.41, 5.74) is 0. The fraction of sp³-hybridized carbons (Fsp3) is 0.769. The van der Waals surface area contributed by atoms with Crippen molar-refractivity contribution < 1.29 is 4.79 Å². The second kappa shape index (κ2) is 4.58. The molecule has 1 amide bonds. The van der Waals surface area contributed by atoms with Gasteiger partial charge in [-0.1, -0.05) is 12.2 Å². The molecule has 4 atom stereocenters. The van der Waals surface area contributed by atoms with Gasteiger partial charge < -0.3 is 10.2 Å². The Labute approximate surface area is 97.9 Å². The summed E-state index contributed by atoms with van der Waals surface area (Å²) in [5.74, 6) is 2.49. The highest BCUT2D eigenvalue weighted by molar-refractivity contribution is 5.80. The smallest absolute Gasteiger partial charge is 0.238 e. The Morgan fingerprint density at radius 1 is 1.44 bits per heavy atom. The first kappa shape index (κ1) is 11.6. The number of carbonyl (C=O) groups is 1. The molecule has 2 aliphatic carbocycles. The van der Waals surface area contributed by atoms with Crippen LogP contribution in [-0.2, 0) is 4.79 Å². The molecule has 0 aromatic rings. The zero-order valence-corrected chi connectivity index (χ0v) is 10.4. The van der Waals surface area contributed by atoms with Gasteiger partial charge in [0.2, 0.25) is 5.91 Å². The summed E-state index contributed by atoms with van der Waals surface area (Å²) in [7, 11) is 3.61. The maximum Gasteiger partial charge on any atom is 0.238 e. The molecule has 3 heteroatoms. The molecule has 1 saturated carbocycles. The van der Waals surface area contributed by atoms with E-state index in [1.165, 1.54) is 12.8 Å². The number of carbonyl (C=O) groups excluding carboxylic acids is 1. The maximum atomic E-state index is 11.7. The molecule has 16 heavy (non-hydrogen) atoms. The minimum Gasteiger partial charge on any atom is -0.347 e. The molecule has 0 aromatic heterocycles. The molecule has 0 heterocycles. The molecule has 4 unspecified atom stereocenters. The molecule has 2 bridgehead atoms. The molecule has 0 aliphatic heterocycles. The minimum atomic E-state index is -0.0573. The van der Waals surface area contributed by atoms with E-state index in [-0.39, 0.29) is 11.9 Å². The van der Waals surface area contributed by atoms with Gasteiger partial charge in [0.1, 0.15) is 0 Å². The number of nitrogens with one attached hydrogen (secondary N) is 1. The molecule has 3 nitrogen and oxygen atoms in total. The van der Waals surface area contributed by atoms with Crippen molar-refractivity contribution in [1.82, 2.24) is 10.2 Å². The van der Waals surface area contributed by atoms with E-state index in [1.54, 1.807) is 19.0 Å². The molecule has 90 valence electrons. The first-order chi connectivity index (χ1) is 7.58. The maximum absolute atomic E-state index is 11.7. The average molecular weight is 222 g/mol. The van der Waals surface area contributed by atoms with Crippen LogP contribution < -0.4 is 5.32 Å². The van der Waals surface area contributed by atoms with Crippen molar-refractivity contribution in [2.24, 2.45) is 17.8 Å². The molecule has 0 saturated heterocycles. The Hall–Kier alpha value is -0.830. The van der Waals surface area contributed by atoms with E-state index in [0.29, 0.717) is 0 Å². The second-order valence-corrected chi connectivity index (χ2v) is 5.40. The van der Waals surface area contributed by atoms with Gasteiger partial charge in [0.15, 0.2) is 0 Å². The minimum absolute atomic E-state index is 0.0573. The Morgan fingerprint density at radius 3 is 2.69 bits per heavy atom. The molecule has 2 rings (SSSR count). The van der Waals surface area contributed by atoms with Crippen molar-refractivity contribution in [3.63, 3.8) is 0 Å². The fourth-order valence-corrected chi connectivity index (χ4v) is 2.93. The number of nitrogens with zero attached hydrogens (tertiary/aromatic N) is 1. The second-order valence-electron chi connectivity index (χ2n) is 5.40. The summed E-state index contributed by atoms with van der Waals surface area (Å²) in [4.78, 5) is 13.3. The van der Waals surface area contributed by atoms with E-state index >= 15 is 0 Å². The van der Waals surface area contributed by atoms with Gasteiger partial charge in [-0.2, -0.15) is 0 Å². The van der Waals surface area contributed by atoms with Crippen LogP contribution in [0, 0.1) is 17.8 Å². The number of amides is 1. The van der Waals surface area contributed by atoms with Gasteiger partial charge in [-0.05, 0) is 44.1 Å². The summed E-state index contributed by atoms with van der Waals surface area (Å²) >= 11 is 0. The van der Waals surface area contributed by atoms with Crippen LogP contribution in [0.15, 0.2) is 12.2 Å². The van der Waals surface area contributed by atoms with Gasteiger partial charge in [-0.25, -0.2) is 0 Å². The van der Waals surface area contributed by atoms with Crippen LogP contribution in [0.25, 0.3) is 0 Å². The van der Waals surface area contributed by atoms with E-state index in [4.69, 9.17) is 0 Å². The number of likely N-dealkylation sites (N-methyl/N-ethyl adjacent to an activating group) is 1. The van der Waals surface area contributed by atoms with Crippen LogP contribution in [0.4, 0.5) is 0 Å². The topological polar surface area (TPSA) is 32.3 Å². The summed E-state index contributed by atoms with van der Waals surface area (Å²) in [6, 6.07) is -0.0573. The van der Waals surface area contributed by atoms with Gasteiger partial charge >= 0.3 is 0 Å². The van der Waals surface area contributed by atoms with E-state index < -0.39 is 0 Å². The molecule has 0 radical (unpaired) electrons. The predicted molar refractivity (Wildman–Crippen MR) is 65.0 cm³/mol. The van der Waals surface area contributed by atoms with Crippen LogP contribution in [0.5, 0.6) is 0 Å². The first-order valence-electron chi connectivity index (χ1n) is 6.20. The monoisotopic (exact) mass is 222 g/mol. The van der Waals surface area contributed by atoms with Crippen molar-refractivity contribution >= 4 is 5.91 Å². The molecule has 0 spiro atoms. The van der Waals surface area contributed by atoms with Gasteiger partial charge in [0.05, 0.1) is 6.04 Å². The zero-order chi connectivity index (χ0) is 11.7. The molecular weight excluding hydrogens is 200 g/mol. The SMILES string of the molecule is CC(NCC1CC2C=CC1C2)C(=O)N(C)C. The number of hydrogen-bond acceptors (Lipinski definition) is 2.